The van der Waals surface area contributed by atoms with Crippen LogP contribution in [-0.2, 0) is 4.79 Å². The molecule has 0 saturated heterocycles. The van der Waals surface area contributed by atoms with Gasteiger partial charge in [0.2, 0.25) is 5.91 Å². The molecular formula is C12H21NO2. The van der Waals surface area contributed by atoms with E-state index >= 15 is 0 Å². The standard InChI is InChI=1S/C12H21NO2/c14-11-7-5-9(6-8-11)12(15)13-10-3-1-2-4-10/h9-11,14H,1-8H2,(H,13,15). The van der Waals surface area contributed by atoms with Crippen molar-refractivity contribution >= 4 is 5.91 Å². The van der Waals surface area contributed by atoms with Crippen LogP contribution in [0.15, 0.2) is 0 Å². The van der Waals surface area contributed by atoms with Gasteiger partial charge in [-0.25, -0.2) is 0 Å². The van der Waals surface area contributed by atoms with Crippen LogP contribution in [0.3, 0.4) is 0 Å². The highest BCUT2D eigenvalue weighted by atomic mass is 16.3. The topological polar surface area (TPSA) is 49.3 Å². The molecule has 0 aromatic rings. The first-order chi connectivity index (χ1) is 7.25. The maximum atomic E-state index is 11.9. The van der Waals surface area contributed by atoms with Crippen LogP contribution in [0.25, 0.3) is 0 Å². The fourth-order valence-corrected chi connectivity index (χ4v) is 2.73. The number of aliphatic hydroxyl groups excluding tert-OH is 1. The number of amides is 1. The summed E-state index contributed by atoms with van der Waals surface area (Å²) in [5.41, 5.74) is 0. The molecule has 0 aliphatic heterocycles. The van der Waals surface area contributed by atoms with Crippen molar-refractivity contribution in [3.8, 4) is 0 Å². The number of nitrogens with one attached hydrogen (secondary N) is 1. The number of carbonyl (C=O) groups excluding carboxylic acids is 1. The van der Waals surface area contributed by atoms with Crippen molar-refractivity contribution in [1.82, 2.24) is 5.32 Å². The lowest BCUT2D eigenvalue weighted by molar-refractivity contribution is -0.127. The number of carbonyl (C=O) groups is 1. The molecule has 15 heavy (non-hydrogen) atoms. The van der Waals surface area contributed by atoms with Crippen LogP contribution >= 0.6 is 0 Å². The van der Waals surface area contributed by atoms with Gasteiger partial charge in [0.05, 0.1) is 6.10 Å². The fourth-order valence-electron chi connectivity index (χ4n) is 2.73. The summed E-state index contributed by atoms with van der Waals surface area (Å²) in [6.07, 6.45) is 7.97. The molecule has 0 atom stereocenters. The third kappa shape index (κ3) is 2.94. The van der Waals surface area contributed by atoms with Gasteiger partial charge >= 0.3 is 0 Å². The van der Waals surface area contributed by atoms with Gasteiger partial charge in [-0.05, 0) is 38.5 Å². The van der Waals surface area contributed by atoms with Crippen LogP contribution in [0.4, 0.5) is 0 Å². The minimum absolute atomic E-state index is 0.161. The van der Waals surface area contributed by atoms with Crippen molar-refractivity contribution in [3.05, 3.63) is 0 Å². The Hall–Kier alpha value is -0.570. The zero-order valence-corrected chi connectivity index (χ0v) is 9.24. The highest BCUT2D eigenvalue weighted by Gasteiger charge is 2.27. The molecule has 0 aromatic heterocycles. The summed E-state index contributed by atoms with van der Waals surface area (Å²) < 4.78 is 0. The lowest BCUT2D eigenvalue weighted by Crippen LogP contribution is -2.39. The largest absolute Gasteiger partial charge is 0.393 e. The Balaban J connectivity index is 1.75. The summed E-state index contributed by atoms with van der Waals surface area (Å²) in [5, 5.41) is 12.5. The minimum Gasteiger partial charge on any atom is -0.393 e. The van der Waals surface area contributed by atoms with Crippen molar-refractivity contribution in [2.75, 3.05) is 0 Å². The van der Waals surface area contributed by atoms with E-state index in [1.165, 1.54) is 12.8 Å². The number of aliphatic hydroxyl groups is 1. The van der Waals surface area contributed by atoms with E-state index in [1.54, 1.807) is 0 Å². The van der Waals surface area contributed by atoms with Gasteiger partial charge in [0, 0.05) is 12.0 Å². The molecule has 0 aromatic carbocycles. The quantitative estimate of drug-likeness (QED) is 0.729. The number of rotatable bonds is 2. The molecule has 0 bridgehead atoms. The first-order valence-corrected chi connectivity index (χ1v) is 6.24. The SMILES string of the molecule is O=C(NC1CCCC1)C1CCC(O)CC1. The molecule has 0 heterocycles. The zero-order chi connectivity index (χ0) is 10.7. The summed E-state index contributed by atoms with van der Waals surface area (Å²) in [6, 6.07) is 0.435. The summed E-state index contributed by atoms with van der Waals surface area (Å²) in [6.45, 7) is 0. The third-order valence-electron chi connectivity index (χ3n) is 3.77. The molecule has 2 N–H and O–H groups in total. The number of hydrogen-bond acceptors (Lipinski definition) is 2. The molecule has 2 saturated carbocycles. The van der Waals surface area contributed by atoms with Crippen molar-refractivity contribution in [1.29, 1.82) is 0 Å². The van der Waals surface area contributed by atoms with E-state index in [4.69, 9.17) is 0 Å². The van der Waals surface area contributed by atoms with Gasteiger partial charge in [-0.15, -0.1) is 0 Å². The van der Waals surface area contributed by atoms with Gasteiger partial charge in [-0.1, -0.05) is 12.8 Å². The average molecular weight is 211 g/mol. The van der Waals surface area contributed by atoms with Gasteiger partial charge < -0.3 is 10.4 Å². The maximum Gasteiger partial charge on any atom is 0.223 e. The number of hydrogen-bond donors (Lipinski definition) is 2. The van der Waals surface area contributed by atoms with E-state index in [9.17, 15) is 9.90 Å². The molecule has 2 aliphatic rings. The highest BCUT2D eigenvalue weighted by molar-refractivity contribution is 5.79. The van der Waals surface area contributed by atoms with E-state index in [2.05, 4.69) is 5.32 Å². The van der Waals surface area contributed by atoms with E-state index < -0.39 is 0 Å². The summed E-state index contributed by atoms with van der Waals surface area (Å²) in [7, 11) is 0. The third-order valence-corrected chi connectivity index (χ3v) is 3.77. The average Bonchev–Trinajstić information content (AvgIpc) is 2.71. The molecule has 3 nitrogen and oxygen atoms in total. The van der Waals surface area contributed by atoms with Crippen LogP contribution in [-0.4, -0.2) is 23.2 Å². The molecule has 0 radical (unpaired) electrons. The molecular weight excluding hydrogens is 190 g/mol. The Morgan fingerprint density at radius 3 is 2.20 bits per heavy atom. The van der Waals surface area contributed by atoms with Gasteiger partial charge in [-0.3, -0.25) is 4.79 Å². The van der Waals surface area contributed by atoms with E-state index in [0.717, 1.165) is 38.5 Å². The van der Waals surface area contributed by atoms with Crippen molar-refractivity contribution < 1.29 is 9.90 Å². The minimum atomic E-state index is -0.166. The lowest BCUT2D eigenvalue weighted by atomic mass is 9.87. The van der Waals surface area contributed by atoms with E-state index in [0.29, 0.717) is 6.04 Å². The van der Waals surface area contributed by atoms with E-state index in [1.807, 2.05) is 0 Å². The van der Waals surface area contributed by atoms with Crippen LogP contribution in [0.5, 0.6) is 0 Å². The Kier molecular flexibility index (Phi) is 3.62. The first kappa shape index (κ1) is 10.9. The van der Waals surface area contributed by atoms with Gasteiger partial charge in [0.1, 0.15) is 0 Å². The zero-order valence-electron chi connectivity index (χ0n) is 9.24. The normalized spacial score (nSPS) is 32.9. The molecule has 0 unspecified atom stereocenters. The Bertz CT molecular complexity index is 216. The molecule has 3 heteroatoms. The van der Waals surface area contributed by atoms with Crippen molar-refractivity contribution in [3.63, 3.8) is 0 Å². The Labute approximate surface area is 91.2 Å². The van der Waals surface area contributed by atoms with Crippen LogP contribution in [0.2, 0.25) is 0 Å². The van der Waals surface area contributed by atoms with Gasteiger partial charge in [0.25, 0.3) is 0 Å². The molecule has 86 valence electrons. The molecule has 0 spiro atoms. The lowest BCUT2D eigenvalue weighted by Gasteiger charge is -2.25. The molecule has 2 aliphatic carbocycles. The van der Waals surface area contributed by atoms with Crippen LogP contribution in [0, 0.1) is 5.92 Å². The molecule has 2 rings (SSSR count). The smallest absolute Gasteiger partial charge is 0.223 e. The van der Waals surface area contributed by atoms with Crippen LogP contribution in [0.1, 0.15) is 51.4 Å². The highest BCUT2D eigenvalue weighted by Crippen LogP contribution is 2.25. The second-order valence-electron chi connectivity index (χ2n) is 5.00. The predicted octanol–water partition coefficient (Wildman–Crippen LogP) is 1.60. The van der Waals surface area contributed by atoms with Crippen molar-refractivity contribution in [2.45, 2.75) is 63.5 Å². The summed E-state index contributed by atoms with van der Waals surface area (Å²) in [4.78, 5) is 11.9. The summed E-state index contributed by atoms with van der Waals surface area (Å²) >= 11 is 0. The van der Waals surface area contributed by atoms with Crippen molar-refractivity contribution in [2.24, 2.45) is 5.92 Å². The second kappa shape index (κ2) is 4.97. The Morgan fingerprint density at radius 2 is 1.60 bits per heavy atom. The van der Waals surface area contributed by atoms with Gasteiger partial charge in [0.15, 0.2) is 0 Å². The summed E-state index contributed by atoms with van der Waals surface area (Å²) in [5.74, 6) is 0.391. The van der Waals surface area contributed by atoms with E-state index in [-0.39, 0.29) is 17.9 Å². The van der Waals surface area contributed by atoms with Crippen LogP contribution < -0.4 is 5.32 Å². The first-order valence-electron chi connectivity index (χ1n) is 6.24. The predicted molar refractivity (Wildman–Crippen MR) is 58.4 cm³/mol. The monoisotopic (exact) mass is 211 g/mol. The second-order valence-corrected chi connectivity index (χ2v) is 5.00. The van der Waals surface area contributed by atoms with Gasteiger partial charge in [-0.2, -0.15) is 0 Å². The molecule has 1 amide bonds. The Morgan fingerprint density at radius 1 is 1.00 bits per heavy atom. The molecule has 2 fully saturated rings. The maximum absolute atomic E-state index is 11.9. The fraction of sp³-hybridized carbons (Fsp3) is 0.917.